The van der Waals surface area contributed by atoms with Crippen LogP contribution < -0.4 is 5.32 Å². The summed E-state index contributed by atoms with van der Waals surface area (Å²) in [7, 11) is 0. The molecule has 134 valence electrons. The Kier molecular flexibility index (Phi) is 5.94. The predicted molar refractivity (Wildman–Crippen MR) is 96.6 cm³/mol. The van der Waals surface area contributed by atoms with E-state index in [1.54, 1.807) is 0 Å². The highest BCUT2D eigenvalue weighted by Gasteiger charge is 2.21. The van der Waals surface area contributed by atoms with E-state index < -0.39 is 0 Å². The molecule has 1 saturated heterocycles. The summed E-state index contributed by atoms with van der Waals surface area (Å²) >= 11 is 5.97. The Morgan fingerprint density at radius 3 is 2.76 bits per heavy atom. The van der Waals surface area contributed by atoms with Crippen molar-refractivity contribution in [1.29, 1.82) is 0 Å². The van der Waals surface area contributed by atoms with E-state index in [1.807, 2.05) is 42.2 Å². The minimum atomic E-state index is -0.00260. The molecule has 1 aliphatic rings. The van der Waals surface area contributed by atoms with Gasteiger partial charge >= 0.3 is 6.03 Å². The Labute approximate surface area is 152 Å². The second kappa shape index (κ2) is 8.36. The monoisotopic (exact) mass is 362 g/mol. The quantitative estimate of drug-likeness (QED) is 0.888. The Balaban J connectivity index is 1.38. The summed E-state index contributed by atoms with van der Waals surface area (Å²) in [5.41, 5.74) is 2.02. The molecule has 0 aliphatic carbocycles. The number of halogens is 1. The van der Waals surface area contributed by atoms with Crippen molar-refractivity contribution in [3.63, 3.8) is 0 Å². The van der Waals surface area contributed by atoms with Gasteiger partial charge in [0, 0.05) is 43.8 Å². The van der Waals surface area contributed by atoms with Crippen molar-refractivity contribution >= 4 is 17.6 Å². The molecule has 1 aromatic carbocycles. The van der Waals surface area contributed by atoms with E-state index in [9.17, 15) is 4.79 Å². The Hall–Kier alpha value is -2.05. The molecule has 2 aromatic rings. The summed E-state index contributed by atoms with van der Waals surface area (Å²) < 4.78 is 5.25. The topological polar surface area (TPSA) is 61.6 Å². The molecule has 7 heteroatoms. The van der Waals surface area contributed by atoms with Crippen molar-refractivity contribution < 1.29 is 9.32 Å². The SMILES string of the molecule is Cc1cc(CN2CCN(C(=O)NCCc3cccc(Cl)c3)CC2)on1. The van der Waals surface area contributed by atoms with E-state index in [0.29, 0.717) is 6.54 Å². The van der Waals surface area contributed by atoms with E-state index in [1.165, 1.54) is 0 Å². The standard InChI is InChI=1S/C18H23ClN4O2/c1-14-11-17(25-21-14)13-22-7-9-23(10-8-22)18(24)20-6-5-15-3-2-4-16(19)12-15/h2-4,11-12H,5-10,13H2,1H3,(H,20,24). The highest BCUT2D eigenvalue weighted by Crippen LogP contribution is 2.11. The molecule has 1 fully saturated rings. The number of hydrogen-bond acceptors (Lipinski definition) is 4. The van der Waals surface area contributed by atoms with Crippen LogP contribution in [0.1, 0.15) is 17.0 Å². The largest absolute Gasteiger partial charge is 0.360 e. The molecular formula is C18H23ClN4O2. The van der Waals surface area contributed by atoms with Crippen molar-refractivity contribution in [2.45, 2.75) is 19.9 Å². The summed E-state index contributed by atoms with van der Waals surface area (Å²) in [5, 5.41) is 7.61. The zero-order valence-corrected chi connectivity index (χ0v) is 15.1. The Morgan fingerprint density at radius 2 is 2.08 bits per heavy atom. The average Bonchev–Trinajstić information content (AvgIpc) is 3.00. The van der Waals surface area contributed by atoms with E-state index >= 15 is 0 Å². The molecule has 2 heterocycles. The smallest absolute Gasteiger partial charge is 0.317 e. The van der Waals surface area contributed by atoms with Gasteiger partial charge in [-0.1, -0.05) is 28.9 Å². The molecule has 0 spiro atoms. The number of nitrogens with zero attached hydrogens (tertiary/aromatic N) is 3. The maximum absolute atomic E-state index is 12.3. The first-order chi connectivity index (χ1) is 12.1. The molecule has 2 amide bonds. The van der Waals surface area contributed by atoms with Crippen LogP contribution in [0.25, 0.3) is 0 Å². The molecule has 0 radical (unpaired) electrons. The summed E-state index contributed by atoms with van der Waals surface area (Å²) in [6, 6.07) is 9.67. The van der Waals surface area contributed by atoms with Crippen LogP contribution in [0.4, 0.5) is 4.79 Å². The van der Waals surface area contributed by atoms with Gasteiger partial charge in [0.1, 0.15) is 0 Å². The number of rotatable bonds is 5. The highest BCUT2D eigenvalue weighted by molar-refractivity contribution is 6.30. The van der Waals surface area contributed by atoms with Gasteiger partial charge in [-0.3, -0.25) is 4.90 Å². The zero-order chi connectivity index (χ0) is 17.6. The van der Waals surface area contributed by atoms with Gasteiger partial charge in [-0.2, -0.15) is 0 Å². The number of carbonyl (C=O) groups excluding carboxylic acids is 1. The normalized spacial score (nSPS) is 15.4. The van der Waals surface area contributed by atoms with Crippen molar-refractivity contribution in [3.05, 3.63) is 52.4 Å². The van der Waals surface area contributed by atoms with Gasteiger partial charge in [-0.05, 0) is 31.0 Å². The first-order valence-corrected chi connectivity index (χ1v) is 8.90. The molecule has 25 heavy (non-hydrogen) atoms. The molecule has 3 rings (SSSR count). The van der Waals surface area contributed by atoms with Crippen LogP contribution in [0, 0.1) is 6.92 Å². The van der Waals surface area contributed by atoms with Gasteiger partial charge in [0.15, 0.2) is 5.76 Å². The molecule has 0 atom stereocenters. The van der Waals surface area contributed by atoms with E-state index in [2.05, 4.69) is 15.4 Å². The lowest BCUT2D eigenvalue weighted by Gasteiger charge is -2.34. The van der Waals surface area contributed by atoms with Crippen molar-refractivity contribution in [2.75, 3.05) is 32.7 Å². The van der Waals surface area contributed by atoms with Gasteiger partial charge in [-0.25, -0.2) is 4.79 Å². The third kappa shape index (κ3) is 5.21. The number of nitrogens with one attached hydrogen (secondary N) is 1. The van der Waals surface area contributed by atoms with Gasteiger partial charge in [0.25, 0.3) is 0 Å². The number of hydrogen-bond donors (Lipinski definition) is 1. The van der Waals surface area contributed by atoms with Gasteiger partial charge in [-0.15, -0.1) is 0 Å². The second-order valence-electron chi connectivity index (χ2n) is 6.31. The number of aromatic nitrogens is 1. The van der Waals surface area contributed by atoms with Crippen molar-refractivity contribution in [3.8, 4) is 0 Å². The van der Waals surface area contributed by atoms with Crippen LogP contribution in [0.3, 0.4) is 0 Å². The minimum Gasteiger partial charge on any atom is -0.360 e. The summed E-state index contributed by atoms with van der Waals surface area (Å²) in [6.45, 7) is 6.37. The number of carbonyl (C=O) groups is 1. The molecule has 0 unspecified atom stereocenters. The van der Waals surface area contributed by atoms with Gasteiger partial charge in [0.05, 0.1) is 12.2 Å². The first kappa shape index (κ1) is 17.8. The number of aryl methyl sites for hydroxylation is 1. The predicted octanol–water partition coefficient (Wildman–Crippen LogP) is 2.71. The Morgan fingerprint density at radius 1 is 1.28 bits per heavy atom. The lowest BCUT2D eigenvalue weighted by molar-refractivity contribution is 0.128. The molecule has 0 bridgehead atoms. The van der Waals surface area contributed by atoms with Crippen LogP contribution in [0.2, 0.25) is 5.02 Å². The highest BCUT2D eigenvalue weighted by atomic mass is 35.5. The number of piperazine rings is 1. The molecule has 6 nitrogen and oxygen atoms in total. The minimum absolute atomic E-state index is 0.00260. The van der Waals surface area contributed by atoms with E-state index in [0.717, 1.165) is 61.2 Å². The molecule has 0 saturated carbocycles. The van der Waals surface area contributed by atoms with Crippen molar-refractivity contribution in [2.24, 2.45) is 0 Å². The maximum Gasteiger partial charge on any atom is 0.317 e. The van der Waals surface area contributed by atoms with Gasteiger partial charge < -0.3 is 14.7 Å². The number of benzene rings is 1. The summed E-state index contributed by atoms with van der Waals surface area (Å²) in [4.78, 5) is 16.4. The van der Waals surface area contributed by atoms with Crippen LogP contribution in [-0.2, 0) is 13.0 Å². The summed E-state index contributed by atoms with van der Waals surface area (Å²) in [6.07, 6.45) is 0.775. The van der Waals surface area contributed by atoms with Crippen LogP contribution in [0.15, 0.2) is 34.9 Å². The van der Waals surface area contributed by atoms with Gasteiger partial charge in [0.2, 0.25) is 0 Å². The fourth-order valence-corrected chi connectivity index (χ4v) is 3.15. The summed E-state index contributed by atoms with van der Waals surface area (Å²) in [5.74, 6) is 0.872. The fourth-order valence-electron chi connectivity index (χ4n) is 2.94. The fraction of sp³-hybridized carbons (Fsp3) is 0.444. The molecule has 1 aliphatic heterocycles. The lowest BCUT2D eigenvalue weighted by Crippen LogP contribution is -2.51. The van der Waals surface area contributed by atoms with Crippen LogP contribution in [0.5, 0.6) is 0 Å². The van der Waals surface area contributed by atoms with Crippen molar-refractivity contribution in [1.82, 2.24) is 20.3 Å². The molecule has 1 aromatic heterocycles. The third-order valence-electron chi connectivity index (χ3n) is 4.29. The molecular weight excluding hydrogens is 340 g/mol. The van der Waals surface area contributed by atoms with Crippen LogP contribution in [-0.4, -0.2) is 53.7 Å². The average molecular weight is 363 g/mol. The Bertz CT molecular complexity index is 711. The molecule has 1 N–H and O–H groups in total. The zero-order valence-electron chi connectivity index (χ0n) is 14.4. The number of urea groups is 1. The third-order valence-corrected chi connectivity index (χ3v) is 4.53. The second-order valence-corrected chi connectivity index (χ2v) is 6.75. The van der Waals surface area contributed by atoms with Crippen LogP contribution >= 0.6 is 11.6 Å². The van der Waals surface area contributed by atoms with E-state index in [4.69, 9.17) is 16.1 Å². The first-order valence-electron chi connectivity index (χ1n) is 8.52. The number of amides is 2. The maximum atomic E-state index is 12.3. The van der Waals surface area contributed by atoms with E-state index in [-0.39, 0.29) is 6.03 Å². The lowest BCUT2D eigenvalue weighted by atomic mass is 10.1.